The van der Waals surface area contributed by atoms with Gasteiger partial charge in [0.15, 0.2) is 5.43 Å². The summed E-state index contributed by atoms with van der Waals surface area (Å²) in [6.45, 7) is 0. The van der Waals surface area contributed by atoms with Gasteiger partial charge in [-0.3, -0.25) is 9.52 Å². The molecule has 0 radical (unpaired) electrons. The van der Waals surface area contributed by atoms with Gasteiger partial charge in [0, 0.05) is 25.9 Å². The number of rotatable bonds is 3. The molecule has 29 heavy (non-hydrogen) atoms. The molecule has 142 valence electrons. The van der Waals surface area contributed by atoms with Crippen molar-refractivity contribution in [3.63, 3.8) is 0 Å². The van der Waals surface area contributed by atoms with Gasteiger partial charge in [0.1, 0.15) is 0 Å². The Morgan fingerprint density at radius 2 is 1.41 bits per heavy atom. The molecule has 1 aromatic heterocycles. The van der Waals surface area contributed by atoms with E-state index in [0.717, 1.165) is 20.2 Å². The number of benzene rings is 4. The van der Waals surface area contributed by atoms with Crippen LogP contribution in [0.3, 0.4) is 0 Å². The molecule has 0 atom stereocenters. The van der Waals surface area contributed by atoms with E-state index in [9.17, 15) is 13.2 Å². The summed E-state index contributed by atoms with van der Waals surface area (Å²) in [5.41, 5.74) is 0.270. The maximum absolute atomic E-state index is 12.9. The summed E-state index contributed by atoms with van der Waals surface area (Å²) in [5, 5.41) is 2.97. The van der Waals surface area contributed by atoms with Crippen LogP contribution in [0.2, 0.25) is 0 Å². The highest BCUT2D eigenvalue weighted by Gasteiger charge is 2.16. The Labute approximate surface area is 171 Å². The van der Waals surface area contributed by atoms with Crippen molar-refractivity contribution in [1.82, 2.24) is 0 Å². The van der Waals surface area contributed by atoms with Crippen LogP contribution in [-0.4, -0.2) is 8.42 Å². The molecule has 4 nitrogen and oxygen atoms in total. The van der Waals surface area contributed by atoms with E-state index in [1.54, 1.807) is 42.5 Å². The fourth-order valence-corrected chi connectivity index (χ4v) is 5.55. The molecule has 0 aliphatic rings. The number of hydrogen-bond acceptors (Lipinski definition) is 4. The summed E-state index contributed by atoms with van der Waals surface area (Å²) in [7, 11) is -3.78. The molecule has 0 unspecified atom stereocenters. The predicted octanol–water partition coefficient (Wildman–Crippen LogP) is 5.37. The molecule has 0 spiro atoms. The smallest absolute Gasteiger partial charge is 0.261 e. The lowest BCUT2D eigenvalue weighted by atomic mass is 10.1. The van der Waals surface area contributed by atoms with E-state index in [-0.39, 0.29) is 10.3 Å². The molecule has 6 heteroatoms. The second-order valence-electron chi connectivity index (χ2n) is 6.75. The van der Waals surface area contributed by atoms with Crippen molar-refractivity contribution in [3.05, 3.63) is 95.2 Å². The second-order valence-corrected chi connectivity index (χ2v) is 9.52. The monoisotopic (exact) mass is 417 g/mol. The molecule has 5 rings (SSSR count). The van der Waals surface area contributed by atoms with Gasteiger partial charge < -0.3 is 0 Å². The van der Waals surface area contributed by atoms with Crippen molar-refractivity contribution in [2.24, 2.45) is 0 Å². The minimum atomic E-state index is -3.78. The van der Waals surface area contributed by atoms with Crippen molar-refractivity contribution >= 4 is 58.0 Å². The fourth-order valence-electron chi connectivity index (χ4n) is 3.42. The van der Waals surface area contributed by atoms with Gasteiger partial charge in [-0.15, -0.1) is 11.3 Å². The Bertz CT molecular complexity index is 1570. The maximum atomic E-state index is 12.9. The molecule has 0 fully saturated rings. The molecule has 0 amide bonds. The zero-order valence-corrected chi connectivity index (χ0v) is 16.8. The van der Waals surface area contributed by atoms with E-state index in [1.165, 1.54) is 11.3 Å². The van der Waals surface area contributed by atoms with Crippen LogP contribution in [0, 0.1) is 0 Å². The normalized spacial score (nSPS) is 11.9. The van der Waals surface area contributed by atoms with Gasteiger partial charge in [-0.25, -0.2) is 8.42 Å². The zero-order valence-electron chi connectivity index (χ0n) is 15.1. The summed E-state index contributed by atoms with van der Waals surface area (Å²) >= 11 is 1.51. The number of hydrogen-bond donors (Lipinski definition) is 1. The molecule has 4 aromatic carbocycles. The highest BCUT2D eigenvalue weighted by atomic mass is 32.2. The molecular weight excluding hydrogens is 402 g/mol. The lowest BCUT2D eigenvalue weighted by Gasteiger charge is -2.10. The predicted molar refractivity (Wildman–Crippen MR) is 120 cm³/mol. The highest BCUT2D eigenvalue weighted by molar-refractivity contribution is 7.92. The van der Waals surface area contributed by atoms with Crippen LogP contribution in [0.5, 0.6) is 0 Å². The van der Waals surface area contributed by atoms with Crippen LogP contribution in [-0.2, 0) is 10.0 Å². The third kappa shape index (κ3) is 3.16. The molecule has 5 aromatic rings. The molecule has 1 heterocycles. The summed E-state index contributed by atoms with van der Waals surface area (Å²) < 4.78 is 30.1. The van der Waals surface area contributed by atoms with Crippen LogP contribution in [0.4, 0.5) is 5.69 Å². The van der Waals surface area contributed by atoms with Gasteiger partial charge in [0.05, 0.1) is 4.90 Å². The van der Waals surface area contributed by atoms with Gasteiger partial charge in [0.25, 0.3) is 10.0 Å². The number of nitrogens with one attached hydrogen (secondary N) is 1. The van der Waals surface area contributed by atoms with Gasteiger partial charge in [-0.2, -0.15) is 0 Å². The number of anilines is 1. The first kappa shape index (κ1) is 17.8. The van der Waals surface area contributed by atoms with Gasteiger partial charge >= 0.3 is 0 Å². The van der Waals surface area contributed by atoms with Gasteiger partial charge in [0.2, 0.25) is 0 Å². The molecule has 0 aliphatic carbocycles. The maximum Gasteiger partial charge on any atom is 0.261 e. The van der Waals surface area contributed by atoms with E-state index in [2.05, 4.69) is 4.72 Å². The van der Waals surface area contributed by atoms with Gasteiger partial charge in [-0.1, -0.05) is 42.5 Å². The molecule has 0 saturated heterocycles. The van der Waals surface area contributed by atoms with Crippen LogP contribution in [0.15, 0.2) is 94.6 Å². The lowest BCUT2D eigenvalue weighted by Crippen LogP contribution is -2.13. The quantitative estimate of drug-likeness (QED) is 0.402. The Morgan fingerprint density at radius 3 is 2.28 bits per heavy atom. The Morgan fingerprint density at radius 1 is 0.690 bits per heavy atom. The first-order valence-corrected chi connectivity index (χ1v) is 11.3. The molecular formula is C23H15NO3S2. The molecule has 0 aliphatic heterocycles. The van der Waals surface area contributed by atoms with Crippen LogP contribution in [0.25, 0.3) is 30.9 Å². The third-order valence-corrected chi connectivity index (χ3v) is 7.39. The topological polar surface area (TPSA) is 63.2 Å². The van der Waals surface area contributed by atoms with Crippen LogP contribution >= 0.6 is 11.3 Å². The summed E-state index contributed by atoms with van der Waals surface area (Å²) in [4.78, 5) is 13.0. The Balaban J connectivity index is 1.58. The number of sulfonamides is 1. The summed E-state index contributed by atoms with van der Waals surface area (Å²) in [6.07, 6.45) is 0. The Kier molecular flexibility index (Phi) is 4.12. The minimum Gasteiger partial charge on any atom is -0.289 e. The van der Waals surface area contributed by atoms with E-state index in [4.69, 9.17) is 0 Å². The van der Waals surface area contributed by atoms with Crippen molar-refractivity contribution in [1.29, 1.82) is 0 Å². The van der Waals surface area contributed by atoms with E-state index in [0.29, 0.717) is 16.5 Å². The van der Waals surface area contributed by atoms with Gasteiger partial charge in [-0.05, 0) is 53.2 Å². The van der Waals surface area contributed by atoms with Crippen molar-refractivity contribution in [3.8, 4) is 0 Å². The average Bonchev–Trinajstić information content (AvgIpc) is 2.74. The third-order valence-electron chi connectivity index (χ3n) is 4.86. The van der Waals surface area contributed by atoms with Crippen molar-refractivity contribution in [2.45, 2.75) is 4.90 Å². The largest absolute Gasteiger partial charge is 0.289 e. The van der Waals surface area contributed by atoms with Crippen molar-refractivity contribution < 1.29 is 8.42 Å². The fraction of sp³-hybridized carbons (Fsp3) is 0. The number of fused-ring (bicyclic) bond motifs is 3. The van der Waals surface area contributed by atoms with Crippen LogP contribution in [0.1, 0.15) is 0 Å². The average molecular weight is 418 g/mol. The van der Waals surface area contributed by atoms with Crippen molar-refractivity contribution in [2.75, 3.05) is 4.72 Å². The first-order chi connectivity index (χ1) is 14.0. The standard InChI is InChI=1S/C23H15NO3S2/c25-23-19-7-3-4-8-21(19)28-22-12-10-17(14-20(22)23)24-29(26,27)18-11-9-15-5-1-2-6-16(15)13-18/h1-14,24H. The summed E-state index contributed by atoms with van der Waals surface area (Å²) in [6, 6.07) is 25.1. The zero-order chi connectivity index (χ0) is 20.0. The SMILES string of the molecule is O=c1c2ccccc2sc2ccc(NS(=O)(=O)c3ccc4ccccc4c3)cc12. The van der Waals surface area contributed by atoms with E-state index in [1.807, 2.05) is 42.5 Å². The van der Waals surface area contributed by atoms with E-state index >= 15 is 0 Å². The summed E-state index contributed by atoms with van der Waals surface area (Å²) in [5.74, 6) is 0. The lowest BCUT2D eigenvalue weighted by molar-refractivity contribution is 0.601. The highest BCUT2D eigenvalue weighted by Crippen LogP contribution is 2.28. The molecule has 0 bridgehead atoms. The molecule has 0 saturated carbocycles. The Hall–Kier alpha value is -3.22. The van der Waals surface area contributed by atoms with Crippen LogP contribution < -0.4 is 10.2 Å². The molecule has 1 N–H and O–H groups in total. The van der Waals surface area contributed by atoms with E-state index < -0.39 is 10.0 Å². The minimum absolute atomic E-state index is 0.0962. The second kappa shape index (κ2) is 6.69. The first-order valence-electron chi connectivity index (χ1n) is 8.98.